The van der Waals surface area contributed by atoms with Crippen LogP contribution in [0.15, 0.2) is 0 Å². The molecule has 1 saturated heterocycles. The third-order valence-corrected chi connectivity index (χ3v) is 3.62. The summed E-state index contributed by atoms with van der Waals surface area (Å²) in [6.07, 6.45) is 2.84. The molecule has 2 N–H and O–H groups in total. The minimum Gasteiger partial charge on any atom is -0.298 e. The second-order valence-corrected chi connectivity index (χ2v) is 4.88. The lowest BCUT2D eigenvalue weighted by Crippen LogP contribution is -2.57. The zero-order valence-corrected chi connectivity index (χ0v) is 7.81. The van der Waals surface area contributed by atoms with E-state index in [1.165, 1.54) is 37.9 Å². The predicted octanol–water partition coefficient (Wildman–Crippen LogP) is 1.08. The molecule has 0 unspecified atom stereocenters. The Kier molecular flexibility index (Phi) is 2.12. The summed E-state index contributed by atoms with van der Waals surface area (Å²) in [5, 5.41) is 6.20. The van der Waals surface area contributed by atoms with Crippen LogP contribution in [0, 0.1) is 5.92 Å². The normalized spacial score (nSPS) is 39.8. The highest BCUT2D eigenvalue weighted by Crippen LogP contribution is 2.35. The Labute approximate surface area is 72.6 Å². The van der Waals surface area contributed by atoms with Gasteiger partial charge >= 0.3 is 0 Å². The number of nitrogens with two attached hydrogens (primary N) is 1. The maximum atomic E-state index is 5.47. The number of nitrogens with zero attached hydrogens (tertiary/aromatic N) is 1. The van der Waals surface area contributed by atoms with Crippen LogP contribution in [-0.4, -0.2) is 29.3 Å². The molecule has 0 amide bonds. The van der Waals surface area contributed by atoms with E-state index in [1.807, 2.05) is 0 Å². The first-order valence-electron chi connectivity index (χ1n) is 4.39. The summed E-state index contributed by atoms with van der Waals surface area (Å²) in [6, 6.07) is 0.911. The van der Waals surface area contributed by atoms with Gasteiger partial charge in [-0.25, -0.2) is 0 Å². The fourth-order valence-corrected chi connectivity index (χ4v) is 2.57. The van der Waals surface area contributed by atoms with Crippen molar-refractivity contribution in [3.63, 3.8) is 0 Å². The van der Waals surface area contributed by atoms with Crippen LogP contribution in [0.1, 0.15) is 19.8 Å². The number of likely N-dealkylation sites (tertiary alicyclic amines) is 1. The minimum atomic E-state index is 0.728. The largest absolute Gasteiger partial charge is 0.298 e. The maximum absolute atomic E-state index is 5.47. The Balaban J connectivity index is 1.67. The molecule has 1 aliphatic carbocycles. The van der Waals surface area contributed by atoms with Crippen molar-refractivity contribution in [3.8, 4) is 0 Å². The van der Waals surface area contributed by atoms with Gasteiger partial charge < -0.3 is 0 Å². The minimum absolute atomic E-state index is 0.728. The Hall–Kier alpha value is 0.270. The molecule has 64 valence electrons. The molecular weight excluding hydrogens is 156 g/mol. The van der Waals surface area contributed by atoms with Gasteiger partial charge in [-0.15, -0.1) is 0 Å². The Morgan fingerprint density at radius 1 is 1.36 bits per heavy atom. The molecule has 0 atom stereocenters. The molecule has 3 heteroatoms. The fraction of sp³-hybridized carbons (Fsp3) is 1.00. The van der Waals surface area contributed by atoms with Crippen molar-refractivity contribution in [1.82, 2.24) is 4.90 Å². The van der Waals surface area contributed by atoms with Crippen LogP contribution < -0.4 is 5.14 Å². The third kappa shape index (κ3) is 1.42. The number of hydrogen-bond acceptors (Lipinski definition) is 3. The van der Waals surface area contributed by atoms with Crippen molar-refractivity contribution in [2.45, 2.75) is 31.1 Å². The predicted molar refractivity (Wildman–Crippen MR) is 49.3 cm³/mol. The molecule has 0 radical (unpaired) electrons. The van der Waals surface area contributed by atoms with Gasteiger partial charge in [0.1, 0.15) is 0 Å². The highest BCUT2D eigenvalue weighted by Gasteiger charge is 2.37. The van der Waals surface area contributed by atoms with Crippen molar-refractivity contribution in [1.29, 1.82) is 0 Å². The topological polar surface area (TPSA) is 29.3 Å². The van der Waals surface area contributed by atoms with Gasteiger partial charge in [-0.3, -0.25) is 10.0 Å². The molecule has 2 nitrogen and oxygen atoms in total. The first kappa shape index (κ1) is 7.90. The summed E-state index contributed by atoms with van der Waals surface area (Å²) >= 11 is 1.53. The molecule has 1 heterocycles. The van der Waals surface area contributed by atoms with Crippen LogP contribution in [0.5, 0.6) is 0 Å². The maximum Gasteiger partial charge on any atom is 0.0445 e. The zero-order valence-electron chi connectivity index (χ0n) is 6.99. The van der Waals surface area contributed by atoms with Crippen molar-refractivity contribution < 1.29 is 0 Å². The average molecular weight is 172 g/mol. The van der Waals surface area contributed by atoms with Crippen LogP contribution in [0.25, 0.3) is 0 Å². The van der Waals surface area contributed by atoms with Gasteiger partial charge in [0, 0.05) is 24.4 Å². The first-order chi connectivity index (χ1) is 5.29. The summed E-state index contributed by atoms with van der Waals surface area (Å²) < 4.78 is 0. The van der Waals surface area contributed by atoms with Crippen molar-refractivity contribution in [3.05, 3.63) is 0 Å². The van der Waals surface area contributed by atoms with E-state index in [0.717, 1.165) is 17.2 Å². The summed E-state index contributed by atoms with van der Waals surface area (Å²) in [5.74, 6) is 0.976. The zero-order chi connectivity index (χ0) is 7.84. The lowest BCUT2D eigenvalue weighted by Gasteiger charge is -2.49. The second-order valence-electron chi connectivity index (χ2n) is 3.94. The van der Waals surface area contributed by atoms with E-state index in [2.05, 4.69) is 11.8 Å². The van der Waals surface area contributed by atoms with E-state index < -0.39 is 0 Å². The van der Waals surface area contributed by atoms with Crippen LogP contribution >= 0.6 is 11.9 Å². The van der Waals surface area contributed by atoms with Gasteiger partial charge in [0.2, 0.25) is 0 Å². The van der Waals surface area contributed by atoms with Crippen LogP contribution in [0.3, 0.4) is 0 Å². The van der Waals surface area contributed by atoms with Gasteiger partial charge in [-0.05, 0) is 18.8 Å². The van der Waals surface area contributed by atoms with E-state index in [1.54, 1.807) is 0 Å². The molecule has 2 fully saturated rings. The highest BCUT2D eigenvalue weighted by molar-refractivity contribution is 7.97. The lowest BCUT2D eigenvalue weighted by atomic mass is 9.79. The third-order valence-electron chi connectivity index (χ3n) is 2.93. The van der Waals surface area contributed by atoms with Crippen molar-refractivity contribution in [2.24, 2.45) is 11.1 Å². The fourth-order valence-electron chi connectivity index (χ4n) is 2.01. The molecule has 1 aliphatic heterocycles. The quantitative estimate of drug-likeness (QED) is 0.632. The van der Waals surface area contributed by atoms with Gasteiger partial charge in [0.25, 0.3) is 0 Å². The van der Waals surface area contributed by atoms with Crippen molar-refractivity contribution >= 4 is 11.9 Å². The highest BCUT2D eigenvalue weighted by atomic mass is 32.2. The first-order valence-corrected chi connectivity index (χ1v) is 5.33. The molecule has 2 rings (SSSR count). The van der Waals surface area contributed by atoms with Crippen molar-refractivity contribution in [2.75, 3.05) is 13.1 Å². The summed E-state index contributed by atoms with van der Waals surface area (Å²) in [5.41, 5.74) is 0. The Morgan fingerprint density at radius 2 is 2.00 bits per heavy atom. The monoisotopic (exact) mass is 172 g/mol. The number of rotatable bonds is 2. The van der Waals surface area contributed by atoms with Gasteiger partial charge in [-0.2, -0.15) is 0 Å². The van der Waals surface area contributed by atoms with E-state index in [4.69, 9.17) is 5.14 Å². The van der Waals surface area contributed by atoms with Crippen LogP contribution in [0.2, 0.25) is 0 Å². The molecule has 0 bridgehead atoms. The summed E-state index contributed by atoms with van der Waals surface area (Å²) in [6.45, 7) is 4.81. The van der Waals surface area contributed by atoms with Gasteiger partial charge in [0.05, 0.1) is 0 Å². The molecule has 0 spiro atoms. The molecule has 11 heavy (non-hydrogen) atoms. The summed E-state index contributed by atoms with van der Waals surface area (Å²) in [7, 11) is 0. The summed E-state index contributed by atoms with van der Waals surface area (Å²) in [4.78, 5) is 2.57. The molecule has 0 aromatic rings. The number of hydrogen-bond donors (Lipinski definition) is 1. The van der Waals surface area contributed by atoms with E-state index in [-0.39, 0.29) is 0 Å². The smallest absolute Gasteiger partial charge is 0.0445 e. The molecular formula is C8H16N2S. The van der Waals surface area contributed by atoms with E-state index in [0.29, 0.717) is 0 Å². The lowest BCUT2D eigenvalue weighted by molar-refractivity contribution is 0.0424. The van der Waals surface area contributed by atoms with Crippen LogP contribution in [-0.2, 0) is 0 Å². The molecule has 0 aromatic heterocycles. The Bertz CT molecular complexity index is 139. The van der Waals surface area contributed by atoms with Gasteiger partial charge in [0.15, 0.2) is 0 Å². The molecule has 2 aliphatic rings. The average Bonchev–Trinajstić information content (AvgIpc) is 1.81. The van der Waals surface area contributed by atoms with E-state index >= 15 is 0 Å². The molecule has 1 saturated carbocycles. The van der Waals surface area contributed by atoms with E-state index in [9.17, 15) is 0 Å². The standard InChI is InChI=1S/C8H16N2S/c1-6-2-7(3-6)10-4-8(5-10)11-9/h6-8H,2-5,9H2,1H3. The van der Waals surface area contributed by atoms with Crippen LogP contribution in [0.4, 0.5) is 0 Å². The molecule has 0 aromatic carbocycles. The Morgan fingerprint density at radius 3 is 2.45 bits per heavy atom. The van der Waals surface area contributed by atoms with Gasteiger partial charge in [-0.1, -0.05) is 18.9 Å². The second kappa shape index (κ2) is 2.96. The SMILES string of the molecule is CC1CC(N2CC(SN)C2)C1.